The Labute approximate surface area is 97.5 Å². The normalized spacial score (nSPS) is 10.9. The number of nitrogens with zero attached hydrogens (tertiary/aromatic N) is 1. The van der Waals surface area contributed by atoms with E-state index >= 15 is 0 Å². The first-order chi connectivity index (χ1) is 6.52. The van der Waals surface area contributed by atoms with Crippen molar-refractivity contribution in [2.24, 2.45) is 4.99 Å². The van der Waals surface area contributed by atoms with E-state index < -0.39 is 5.97 Å². The average molecular weight is 250 g/mol. The molecule has 0 aliphatic carbocycles. The van der Waals surface area contributed by atoms with E-state index in [0.717, 1.165) is 3.68 Å². The third kappa shape index (κ3) is 4.79. The molecule has 0 unspecified atom stereocenters. The van der Waals surface area contributed by atoms with Crippen LogP contribution in [0.4, 0.5) is 0 Å². The number of thioether (sulfide) groups is 1. The molecule has 0 fully saturated rings. The van der Waals surface area contributed by atoms with Crippen LogP contribution in [-0.2, 0) is 26.5 Å². The van der Waals surface area contributed by atoms with Crippen LogP contribution in [0.2, 0.25) is 0 Å². The van der Waals surface area contributed by atoms with E-state index in [-0.39, 0.29) is 0 Å². The van der Waals surface area contributed by atoms with E-state index in [0.29, 0.717) is 17.9 Å². The molecule has 0 aromatic rings. The first kappa shape index (κ1) is 13.7. The fourth-order valence-corrected chi connectivity index (χ4v) is 1.08. The molecule has 0 rings (SSSR count). The van der Waals surface area contributed by atoms with Gasteiger partial charge in [0.2, 0.25) is 0 Å². The fourth-order valence-electron chi connectivity index (χ4n) is 0.623. The molecule has 0 atom stereocenters. The van der Waals surface area contributed by atoms with Crippen molar-refractivity contribution in [3.8, 4) is 0 Å². The Balaban J connectivity index is 4.46. The number of esters is 1. The molecule has 14 heavy (non-hydrogen) atoms. The Morgan fingerprint density at radius 1 is 1.64 bits per heavy atom. The molecule has 0 amide bonds. The molecule has 5 heteroatoms. The number of aliphatic imine (C=N–C) groups is 1. The summed E-state index contributed by atoms with van der Waals surface area (Å²) in [6, 6.07) is 0. The summed E-state index contributed by atoms with van der Waals surface area (Å²) < 4.78 is 5.63. The first-order valence-electron chi connectivity index (χ1n) is 4.04. The summed E-state index contributed by atoms with van der Waals surface area (Å²) >= 11 is 3.84. The molecular weight excluding hydrogens is 237 g/mol. The van der Waals surface area contributed by atoms with Gasteiger partial charge in [0, 0.05) is 0 Å². The monoisotopic (exact) mass is 250 g/mol. The van der Waals surface area contributed by atoms with Gasteiger partial charge in [0.1, 0.15) is 0 Å². The number of carbonyl (C=O) groups is 1. The van der Waals surface area contributed by atoms with Crippen molar-refractivity contribution < 1.29 is 26.5 Å². The third-order valence-corrected chi connectivity index (χ3v) is 2.87. The van der Waals surface area contributed by atoms with E-state index in [1.165, 1.54) is 11.8 Å². The number of rotatable bonds is 5. The van der Waals surface area contributed by atoms with Gasteiger partial charge in [-0.3, -0.25) is 0 Å². The second-order valence-electron chi connectivity index (χ2n) is 2.38. The number of carbonyl (C=O) groups excluding carboxylic acids is 1. The van der Waals surface area contributed by atoms with Crippen molar-refractivity contribution >= 4 is 27.1 Å². The van der Waals surface area contributed by atoms with Crippen molar-refractivity contribution in [1.82, 2.24) is 0 Å². The minimum absolute atomic E-state index is 0.310. The quantitative estimate of drug-likeness (QED) is 0.422. The summed E-state index contributed by atoms with van der Waals surface area (Å²) in [6.07, 6.45) is 1.91. The molecule has 0 saturated carbocycles. The second-order valence-corrected chi connectivity index (χ2v) is 4.32. The van der Waals surface area contributed by atoms with Crippen LogP contribution in [0.1, 0.15) is 13.8 Å². The molecule has 0 aliphatic rings. The van der Waals surface area contributed by atoms with Crippen LogP contribution in [0.5, 0.6) is 0 Å². The summed E-state index contributed by atoms with van der Waals surface area (Å²) in [5.41, 5.74) is 0.901. The van der Waals surface area contributed by atoms with Gasteiger partial charge < -0.3 is 0 Å². The Hall–Kier alpha value is -0.316. The molecule has 0 bridgehead atoms. The summed E-state index contributed by atoms with van der Waals surface area (Å²) in [5, 5.41) is 0. The maximum atomic E-state index is 11.2. The van der Waals surface area contributed by atoms with Crippen LogP contribution in [0.3, 0.4) is 0 Å². The average Bonchev–Trinajstić information content (AvgIpc) is 2.16. The minimum atomic E-state index is -0.407. The van der Waals surface area contributed by atoms with Gasteiger partial charge in [0.15, 0.2) is 0 Å². The van der Waals surface area contributed by atoms with E-state index in [9.17, 15) is 4.79 Å². The Kier molecular flexibility index (Phi) is 6.88. The van der Waals surface area contributed by atoms with Gasteiger partial charge in [-0.1, -0.05) is 0 Å². The Bertz CT molecular complexity index is 287. The standard InChI is InChI=1S/C9H13NO2S.V/c1-5-12-9(11)7(2)8(3)10-6-13-4;/h2,5H2,1,3-4H3;. The molecule has 0 heterocycles. The number of hydrogen-bond donors (Lipinski definition) is 0. The molecule has 3 nitrogen and oxygen atoms in total. The zero-order valence-electron chi connectivity index (χ0n) is 8.53. The summed E-state index contributed by atoms with van der Waals surface area (Å²) in [4.78, 5) is 15.4. The van der Waals surface area contributed by atoms with Gasteiger partial charge in [-0.05, 0) is 0 Å². The first-order valence-corrected chi connectivity index (χ1v) is 5.96. The van der Waals surface area contributed by atoms with Gasteiger partial charge >= 0.3 is 97.5 Å². The summed E-state index contributed by atoms with van der Waals surface area (Å²) in [6.45, 7) is 7.48. The van der Waals surface area contributed by atoms with Crippen LogP contribution >= 0.6 is 11.8 Å². The van der Waals surface area contributed by atoms with E-state index in [1.807, 2.05) is 6.26 Å². The van der Waals surface area contributed by atoms with Gasteiger partial charge in [-0.2, -0.15) is 0 Å². The zero-order chi connectivity index (χ0) is 11.1. The fraction of sp³-hybridized carbons (Fsp3) is 0.444. The van der Waals surface area contributed by atoms with Crippen LogP contribution in [0.15, 0.2) is 17.1 Å². The van der Waals surface area contributed by atoms with Crippen molar-refractivity contribution in [3.63, 3.8) is 0 Å². The van der Waals surface area contributed by atoms with Crippen LogP contribution in [0, 0.1) is 0 Å². The van der Waals surface area contributed by atoms with Gasteiger partial charge in [-0.15, -0.1) is 0 Å². The van der Waals surface area contributed by atoms with Crippen LogP contribution in [-0.4, -0.2) is 28.2 Å². The van der Waals surface area contributed by atoms with Crippen molar-refractivity contribution in [2.45, 2.75) is 13.8 Å². The molecule has 0 aromatic carbocycles. The van der Waals surface area contributed by atoms with Gasteiger partial charge in [0.25, 0.3) is 0 Å². The SMILES string of the molecule is C=C(C(=O)OCC)/C(C)=N\[C](=[V])SC. The molecule has 0 aromatic heterocycles. The van der Waals surface area contributed by atoms with Crippen molar-refractivity contribution in [3.05, 3.63) is 12.2 Å². The maximum absolute atomic E-state index is 11.2. The molecule has 77 valence electrons. The van der Waals surface area contributed by atoms with Crippen LogP contribution < -0.4 is 0 Å². The molecular formula is C9H13NO2SV. The van der Waals surface area contributed by atoms with Crippen LogP contribution in [0.25, 0.3) is 0 Å². The Morgan fingerprint density at radius 3 is 2.64 bits per heavy atom. The summed E-state index contributed by atoms with van der Waals surface area (Å²) in [7, 11) is 0. The molecule has 0 saturated heterocycles. The number of ether oxygens (including phenoxy) is 1. The molecule has 0 radical (unpaired) electrons. The third-order valence-electron chi connectivity index (χ3n) is 1.40. The molecule has 0 aliphatic heterocycles. The van der Waals surface area contributed by atoms with Gasteiger partial charge in [0.05, 0.1) is 0 Å². The van der Waals surface area contributed by atoms with Crippen molar-refractivity contribution in [2.75, 3.05) is 12.9 Å². The summed E-state index contributed by atoms with van der Waals surface area (Å²) in [5.74, 6) is -0.407. The van der Waals surface area contributed by atoms with Gasteiger partial charge in [-0.25, -0.2) is 0 Å². The molecule has 0 spiro atoms. The topological polar surface area (TPSA) is 38.7 Å². The van der Waals surface area contributed by atoms with E-state index in [4.69, 9.17) is 4.74 Å². The van der Waals surface area contributed by atoms with E-state index in [1.54, 1.807) is 13.8 Å². The zero-order valence-corrected chi connectivity index (χ0v) is 10.7. The Morgan fingerprint density at radius 2 is 2.21 bits per heavy atom. The van der Waals surface area contributed by atoms with Crippen molar-refractivity contribution in [1.29, 1.82) is 0 Å². The predicted molar refractivity (Wildman–Crippen MR) is 57.4 cm³/mol. The molecule has 0 N–H and O–H groups in total. The predicted octanol–water partition coefficient (Wildman–Crippen LogP) is 1.56. The second kappa shape index (κ2) is 7.04. The number of hydrogen-bond acceptors (Lipinski definition) is 4. The van der Waals surface area contributed by atoms with E-state index in [2.05, 4.69) is 28.6 Å².